The van der Waals surface area contributed by atoms with E-state index in [9.17, 15) is 9.59 Å². The van der Waals surface area contributed by atoms with Crippen LogP contribution in [-0.2, 0) is 14.3 Å². The van der Waals surface area contributed by atoms with E-state index in [0.29, 0.717) is 0 Å². The summed E-state index contributed by atoms with van der Waals surface area (Å²) in [6.07, 6.45) is 0. The summed E-state index contributed by atoms with van der Waals surface area (Å²) in [7, 11) is 0. The molecule has 0 radical (unpaired) electrons. The van der Waals surface area contributed by atoms with Gasteiger partial charge in [0.25, 0.3) is 0 Å². The second-order valence-corrected chi connectivity index (χ2v) is 5.04. The predicted molar refractivity (Wildman–Crippen MR) is 55.2 cm³/mol. The molecular weight excluding hydrogens is 198 g/mol. The molecule has 0 aromatic rings. The zero-order valence-corrected chi connectivity index (χ0v) is 9.83. The number of hydrogen-bond acceptors (Lipinski definition) is 4. The molecule has 0 aromatic carbocycles. The van der Waals surface area contributed by atoms with E-state index in [1.165, 1.54) is 13.8 Å². The third-order valence-corrected chi connectivity index (χ3v) is 1.99. The summed E-state index contributed by atoms with van der Waals surface area (Å²) in [5, 5.41) is 8.87. The minimum absolute atomic E-state index is 0.663. The number of aliphatic carboxylic acids is 1. The zero-order valence-electron chi connectivity index (χ0n) is 9.83. The lowest BCUT2D eigenvalue weighted by Crippen LogP contribution is -2.50. The molecule has 88 valence electrons. The van der Waals surface area contributed by atoms with Crippen LogP contribution in [0.4, 0.5) is 0 Å². The van der Waals surface area contributed by atoms with Gasteiger partial charge in [-0.05, 0) is 34.6 Å². The summed E-state index contributed by atoms with van der Waals surface area (Å²) >= 11 is 0. The topological polar surface area (TPSA) is 89.6 Å². The van der Waals surface area contributed by atoms with Crippen molar-refractivity contribution in [2.24, 2.45) is 11.1 Å². The smallest absolute Gasteiger partial charge is 0.324 e. The van der Waals surface area contributed by atoms with Gasteiger partial charge in [0.1, 0.15) is 11.6 Å². The van der Waals surface area contributed by atoms with Gasteiger partial charge in [-0.15, -0.1) is 0 Å². The summed E-state index contributed by atoms with van der Waals surface area (Å²) in [6, 6.07) is -1.17. The Kier molecular flexibility index (Phi) is 3.88. The first-order chi connectivity index (χ1) is 6.48. The van der Waals surface area contributed by atoms with Crippen LogP contribution in [0.5, 0.6) is 0 Å². The van der Waals surface area contributed by atoms with Gasteiger partial charge >= 0.3 is 11.9 Å². The van der Waals surface area contributed by atoms with E-state index in [0.717, 1.165) is 0 Å². The van der Waals surface area contributed by atoms with Gasteiger partial charge in [0.15, 0.2) is 0 Å². The van der Waals surface area contributed by atoms with Crippen molar-refractivity contribution < 1.29 is 19.4 Å². The van der Waals surface area contributed by atoms with Crippen molar-refractivity contribution in [1.29, 1.82) is 0 Å². The van der Waals surface area contributed by atoms with Crippen molar-refractivity contribution in [2.75, 3.05) is 0 Å². The minimum Gasteiger partial charge on any atom is -0.481 e. The summed E-state index contributed by atoms with van der Waals surface area (Å²) in [6.45, 7) is 7.88. The molecule has 3 N–H and O–H groups in total. The maximum Gasteiger partial charge on any atom is 0.324 e. The number of hydrogen-bond donors (Lipinski definition) is 2. The van der Waals surface area contributed by atoms with Crippen LogP contribution in [0.25, 0.3) is 0 Å². The fraction of sp³-hybridized carbons (Fsp3) is 0.800. The number of ether oxygens (including phenoxy) is 1. The predicted octanol–water partition coefficient (Wildman–Crippen LogP) is 0.766. The largest absolute Gasteiger partial charge is 0.481 e. The monoisotopic (exact) mass is 217 g/mol. The van der Waals surface area contributed by atoms with Gasteiger partial charge in [-0.2, -0.15) is 0 Å². The Balaban J connectivity index is 4.66. The molecule has 0 saturated heterocycles. The number of carbonyl (C=O) groups excluding carboxylic acids is 1. The van der Waals surface area contributed by atoms with Crippen LogP contribution in [0.2, 0.25) is 0 Å². The molecule has 0 aliphatic rings. The fourth-order valence-electron chi connectivity index (χ4n) is 0.793. The quantitative estimate of drug-likeness (QED) is 0.681. The van der Waals surface area contributed by atoms with Crippen LogP contribution in [0.3, 0.4) is 0 Å². The Hall–Kier alpha value is -1.10. The van der Waals surface area contributed by atoms with Crippen molar-refractivity contribution in [3.05, 3.63) is 0 Å². The number of carbonyl (C=O) groups is 2. The number of rotatable bonds is 3. The first kappa shape index (κ1) is 13.9. The van der Waals surface area contributed by atoms with E-state index in [4.69, 9.17) is 15.6 Å². The van der Waals surface area contributed by atoms with Crippen molar-refractivity contribution in [3.63, 3.8) is 0 Å². The Morgan fingerprint density at radius 2 is 1.60 bits per heavy atom. The van der Waals surface area contributed by atoms with Crippen molar-refractivity contribution >= 4 is 11.9 Å². The Labute approximate surface area is 89.6 Å². The Bertz CT molecular complexity index is 265. The number of nitrogens with two attached hydrogens (primary N) is 1. The van der Waals surface area contributed by atoms with Gasteiger partial charge in [0, 0.05) is 0 Å². The molecule has 1 unspecified atom stereocenters. The van der Waals surface area contributed by atoms with E-state index in [-0.39, 0.29) is 0 Å². The van der Waals surface area contributed by atoms with E-state index in [1.807, 2.05) is 0 Å². The second-order valence-electron chi connectivity index (χ2n) is 5.04. The zero-order chi connectivity index (χ0) is 12.4. The van der Waals surface area contributed by atoms with Crippen LogP contribution >= 0.6 is 0 Å². The van der Waals surface area contributed by atoms with Gasteiger partial charge in [-0.3, -0.25) is 9.59 Å². The van der Waals surface area contributed by atoms with Crippen LogP contribution in [0, 0.1) is 5.41 Å². The Morgan fingerprint density at radius 3 is 1.87 bits per heavy atom. The molecule has 0 bridgehead atoms. The van der Waals surface area contributed by atoms with Crippen molar-refractivity contribution in [3.8, 4) is 0 Å². The van der Waals surface area contributed by atoms with Crippen LogP contribution in [0.1, 0.15) is 34.6 Å². The average molecular weight is 217 g/mol. The number of carboxylic acid groups (broad SMARTS) is 1. The van der Waals surface area contributed by atoms with E-state index < -0.39 is 29.0 Å². The highest BCUT2D eigenvalue weighted by molar-refractivity contribution is 5.86. The molecule has 5 heteroatoms. The third-order valence-electron chi connectivity index (χ3n) is 1.99. The van der Waals surface area contributed by atoms with E-state index >= 15 is 0 Å². The lowest BCUT2D eigenvalue weighted by Gasteiger charge is -2.28. The maximum atomic E-state index is 11.5. The molecule has 0 aliphatic heterocycles. The maximum absolute atomic E-state index is 11.5. The van der Waals surface area contributed by atoms with Crippen LogP contribution in [-0.4, -0.2) is 28.7 Å². The number of esters is 1. The van der Waals surface area contributed by atoms with Gasteiger partial charge < -0.3 is 15.6 Å². The minimum atomic E-state index is -1.33. The highest BCUT2D eigenvalue weighted by Gasteiger charge is 2.41. The molecule has 0 aliphatic carbocycles. The third kappa shape index (κ3) is 3.87. The van der Waals surface area contributed by atoms with Gasteiger partial charge in [-0.25, -0.2) is 0 Å². The molecule has 0 aromatic heterocycles. The lowest BCUT2D eigenvalue weighted by molar-refractivity contribution is -0.165. The SMILES string of the molecule is CC(C)(C)OC(=O)C(N)C(C)(C)C(=O)O. The molecular formula is C10H19NO4. The molecule has 0 rings (SSSR count). The van der Waals surface area contributed by atoms with Gasteiger partial charge in [0.2, 0.25) is 0 Å². The van der Waals surface area contributed by atoms with Crippen molar-refractivity contribution in [1.82, 2.24) is 0 Å². The molecule has 15 heavy (non-hydrogen) atoms. The normalized spacial score (nSPS) is 14.5. The number of carboxylic acids is 1. The standard InChI is InChI=1S/C10H19NO4/c1-9(2,3)15-7(12)6(11)10(4,5)8(13)14/h6H,11H2,1-5H3,(H,13,14). The fourth-order valence-corrected chi connectivity index (χ4v) is 0.793. The molecule has 0 saturated carbocycles. The lowest BCUT2D eigenvalue weighted by atomic mass is 9.85. The van der Waals surface area contributed by atoms with Gasteiger partial charge in [0.05, 0.1) is 5.41 Å². The summed E-state index contributed by atoms with van der Waals surface area (Å²) in [4.78, 5) is 22.3. The molecule has 0 heterocycles. The van der Waals surface area contributed by atoms with E-state index in [2.05, 4.69) is 0 Å². The van der Waals surface area contributed by atoms with Crippen molar-refractivity contribution in [2.45, 2.75) is 46.3 Å². The second kappa shape index (κ2) is 4.18. The molecule has 0 spiro atoms. The van der Waals surface area contributed by atoms with Crippen LogP contribution in [0.15, 0.2) is 0 Å². The highest BCUT2D eigenvalue weighted by Crippen LogP contribution is 2.22. The first-order valence-corrected chi connectivity index (χ1v) is 4.70. The highest BCUT2D eigenvalue weighted by atomic mass is 16.6. The van der Waals surface area contributed by atoms with Crippen LogP contribution < -0.4 is 5.73 Å². The van der Waals surface area contributed by atoms with Gasteiger partial charge in [-0.1, -0.05) is 0 Å². The molecule has 1 atom stereocenters. The average Bonchev–Trinajstić information content (AvgIpc) is 1.99. The Morgan fingerprint density at radius 1 is 1.20 bits per heavy atom. The first-order valence-electron chi connectivity index (χ1n) is 4.70. The summed E-state index contributed by atoms with van der Waals surface area (Å²) in [5.41, 5.74) is 3.55. The van der Waals surface area contributed by atoms with E-state index in [1.54, 1.807) is 20.8 Å². The molecule has 0 fully saturated rings. The summed E-state index contributed by atoms with van der Waals surface area (Å²) in [5.74, 6) is -1.82. The summed E-state index contributed by atoms with van der Waals surface area (Å²) < 4.78 is 5.01. The molecule has 0 amide bonds. The molecule has 5 nitrogen and oxygen atoms in total.